The second kappa shape index (κ2) is 8.26. The van der Waals surface area contributed by atoms with Gasteiger partial charge in [0.25, 0.3) is 5.91 Å². The zero-order valence-corrected chi connectivity index (χ0v) is 19.1. The number of hydrogen-bond acceptors (Lipinski definition) is 5. The smallest absolute Gasteiger partial charge is 0.257 e. The van der Waals surface area contributed by atoms with Crippen LogP contribution in [0.1, 0.15) is 42.1 Å². The highest BCUT2D eigenvalue weighted by Crippen LogP contribution is 2.32. The molecular weight excluding hydrogens is 442 g/mol. The van der Waals surface area contributed by atoms with Crippen LogP contribution in [-0.4, -0.2) is 36.2 Å². The molecule has 158 valence electrons. The number of aryl methyl sites for hydroxylation is 1. The van der Waals surface area contributed by atoms with Gasteiger partial charge in [-0.3, -0.25) is 10.1 Å². The van der Waals surface area contributed by atoms with Crippen molar-refractivity contribution in [3.8, 4) is 0 Å². The molecule has 0 bridgehead atoms. The van der Waals surface area contributed by atoms with E-state index in [-0.39, 0.29) is 16.8 Å². The van der Waals surface area contributed by atoms with E-state index in [2.05, 4.69) is 10.3 Å². The van der Waals surface area contributed by atoms with Crippen LogP contribution in [0.3, 0.4) is 0 Å². The molecule has 1 unspecified atom stereocenters. The molecule has 1 atom stereocenters. The lowest BCUT2D eigenvalue weighted by molar-refractivity contribution is 0.102. The third-order valence-corrected chi connectivity index (χ3v) is 8.81. The molecular formula is C21H22ClN3O3S2. The van der Waals surface area contributed by atoms with Crippen LogP contribution in [0.4, 0.5) is 5.13 Å². The summed E-state index contributed by atoms with van der Waals surface area (Å²) in [7, 11) is -3.56. The van der Waals surface area contributed by atoms with Crippen molar-refractivity contribution in [2.24, 2.45) is 0 Å². The number of nitrogens with one attached hydrogen (secondary N) is 1. The van der Waals surface area contributed by atoms with Crippen molar-refractivity contribution in [3.63, 3.8) is 0 Å². The van der Waals surface area contributed by atoms with Crippen LogP contribution in [0, 0.1) is 6.92 Å². The predicted octanol–water partition coefficient (Wildman–Crippen LogP) is 5.07. The summed E-state index contributed by atoms with van der Waals surface area (Å²) in [6, 6.07) is 9.73. The standard InChI is InChI=1S/C21H22ClN3O3S2/c1-13-5-3-4-12-25(13)30(27,28)16-8-6-15(7-9-16)20(26)24-21-23-19-14(2)17(22)10-11-18(19)29-21/h6-11,13H,3-5,12H2,1-2H3,(H,23,24,26). The average molecular weight is 464 g/mol. The molecule has 4 rings (SSSR count). The van der Waals surface area contributed by atoms with E-state index in [1.807, 2.05) is 26.0 Å². The molecule has 1 aliphatic rings. The summed E-state index contributed by atoms with van der Waals surface area (Å²) in [6.07, 6.45) is 2.78. The molecule has 6 nitrogen and oxygen atoms in total. The molecule has 9 heteroatoms. The van der Waals surface area contributed by atoms with Crippen LogP contribution < -0.4 is 5.32 Å². The van der Waals surface area contributed by atoms with Crippen molar-refractivity contribution in [2.75, 3.05) is 11.9 Å². The SMILES string of the molecule is Cc1c(Cl)ccc2sc(NC(=O)c3ccc(S(=O)(=O)N4CCCCC4C)cc3)nc12. The summed E-state index contributed by atoms with van der Waals surface area (Å²) in [6.45, 7) is 4.36. The maximum atomic E-state index is 12.9. The zero-order valence-electron chi connectivity index (χ0n) is 16.7. The minimum absolute atomic E-state index is 0.0114. The van der Waals surface area contributed by atoms with E-state index in [1.165, 1.54) is 35.6 Å². The van der Waals surface area contributed by atoms with Crippen LogP contribution in [0.25, 0.3) is 10.2 Å². The monoisotopic (exact) mass is 463 g/mol. The number of thiazole rings is 1. The number of anilines is 1. The number of carbonyl (C=O) groups is 1. The molecule has 3 aromatic rings. The van der Waals surface area contributed by atoms with Gasteiger partial charge in [0.15, 0.2) is 5.13 Å². The Hall–Kier alpha value is -2.00. The number of benzene rings is 2. The number of fused-ring (bicyclic) bond motifs is 1. The van der Waals surface area contributed by atoms with Gasteiger partial charge >= 0.3 is 0 Å². The van der Waals surface area contributed by atoms with Crippen molar-refractivity contribution in [1.82, 2.24) is 9.29 Å². The number of hydrogen-bond donors (Lipinski definition) is 1. The molecule has 1 N–H and O–H groups in total. The lowest BCUT2D eigenvalue weighted by Gasteiger charge is -2.32. The van der Waals surface area contributed by atoms with Crippen molar-refractivity contribution in [1.29, 1.82) is 0 Å². The molecule has 1 fully saturated rings. The molecule has 1 saturated heterocycles. The van der Waals surface area contributed by atoms with E-state index in [1.54, 1.807) is 4.31 Å². The zero-order chi connectivity index (χ0) is 21.5. The van der Waals surface area contributed by atoms with Crippen LogP contribution in [0.5, 0.6) is 0 Å². The van der Waals surface area contributed by atoms with Crippen LogP contribution in [0.2, 0.25) is 5.02 Å². The minimum atomic E-state index is -3.56. The fourth-order valence-electron chi connectivity index (χ4n) is 3.67. The van der Waals surface area contributed by atoms with Gasteiger partial charge in [-0.2, -0.15) is 4.31 Å². The molecule has 2 aromatic carbocycles. The number of halogens is 1. The van der Waals surface area contributed by atoms with Gasteiger partial charge in [-0.05, 0) is 68.7 Å². The topological polar surface area (TPSA) is 79.4 Å². The highest BCUT2D eigenvalue weighted by atomic mass is 35.5. The van der Waals surface area contributed by atoms with Crippen molar-refractivity contribution in [2.45, 2.75) is 44.0 Å². The first kappa shape index (κ1) is 21.2. The molecule has 30 heavy (non-hydrogen) atoms. The van der Waals surface area contributed by atoms with Gasteiger partial charge in [-0.1, -0.05) is 29.4 Å². The third-order valence-electron chi connectivity index (χ3n) is 5.43. The number of sulfonamides is 1. The van der Waals surface area contributed by atoms with Crippen LogP contribution in [0.15, 0.2) is 41.3 Å². The van der Waals surface area contributed by atoms with Crippen molar-refractivity contribution in [3.05, 3.63) is 52.5 Å². The van der Waals surface area contributed by atoms with Gasteiger partial charge < -0.3 is 0 Å². The van der Waals surface area contributed by atoms with Gasteiger partial charge in [0.1, 0.15) is 0 Å². The second-order valence-electron chi connectivity index (χ2n) is 7.48. The van der Waals surface area contributed by atoms with E-state index in [0.717, 1.165) is 35.0 Å². The van der Waals surface area contributed by atoms with Crippen LogP contribution in [-0.2, 0) is 10.0 Å². The molecule has 2 heterocycles. The predicted molar refractivity (Wildman–Crippen MR) is 121 cm³/mol. The average Bonchev–Trinajstić information content (AvgIpc) is 3.14. The maximum absolute atomic E-state index is 12.9. The Morgan fingerprint density at radius 3 is 2.63 bits per heavy atom. The highest BCUT2D eigenvalue weighted by molar-refractivity contribution is 7.89. The van der Waals surface area contributed by atoms with E-state index >= 15 is 0 Å². The fraction of sp³-hybridized carbons (Fsp3) is 0.333. The number of piperidine rings is 1. The summed E-state index contributed by atoms with van der Waals surface area (Å²) in [5.41, 5.74) is 2.00. The molecule has 1 amide bonds. The Labute approximate surface area is 184 Å². The van der Waals surface area contributed by atoms with Crippen LogP contribution >= 0.6 is 22.9 Å². The first-order valence-corrected chi connectivity index (χ1v) is 12.4. The summed E-state index contributed by atoms with van der Waals surface area (Å²) in [5, 5.41) is 3.89. The minimum Gasteiger partial charge on any atom is -0.298 e. The van der Waals surface area contributed by atoms with E-state index in [4.69, 9.17) is 11.6 Å². The molecule has 0 radical (unpaired) electrons. The third kappa shape index (κ3) is 3.97. The Morgan fingerprint density at radius 2 is 1.93 bits per heavy atom. The number of aromatic nitrogens is 1. The Balaban J connectivity index is 1.53. The summed E-state index contributed by atoms with van der Waals surface area (Å²) >= 11 is 7.51. The number of carbonyl (C=O) groups excluding carboxylic acids is 1. The van der Waals surface area contributed by atoms with E-state index in [0.29, 0.717) is 22.3 Å². The maximum Gasteiger partial charge on any atom is 0.257 e. The van der Waals surface area contributed by atoms with E-state index in [9.17, 15) is 13.2 Å². The highest BCUT2D eigenvalue weighted by Gasteiger charge is 2.30. The molecule has 0 spiro atoms. The van der Waals surface area contributed by atoms with Crippen molar-refractivity contribution < 1.29 is 13.2 Å². The Kier molecular flexibility index (Phi) is 5.85. The van der Waals surface area contributed by atoms with Gasteiger partial charge in [-0.15, -0.1) is 0 Å². The lowest BCUT2D eigenvalue weighted by Crippen LogP contribution is -2.41. The van der Waals surface area contributed by atoms with Crippen molar-refractivity contribution >= 4 is 54.2 Å². The molecule has 1 aliphatic heterocycles. The lowest BCUT2D eigenvalue weighted by atomic mass is 10.1. The summed E-state index contributed by atoms with van der Waals surface area (Å²) < 4.78 is 28.4. The van der Waals surface area contributed by atoms with Gasteiger partial charge in [0, 0.05) is 23.2 Å². The first-order valence-electron chi connectivity index (χ1n) is 9.76. The molecule has 0 aliphatic carbocycles. The summed E-state index contributed by atoms with van der Waals surface area (Å²) in [5.74, 6) is -0.340. The Morgan fingerprint density at radius 1 is 1.20 bits per heavy atom. The van der Waals surface area contributed by atoms with Gasteiger partial charge in [0.2, 0.25) is 10.0 Å². The van der Waals surface area contributed by atoms with Gasteiger partial charge in [-0.25, -0.2) is 13.4 Å². The normalized spacial score (nSPS) is 17.9. The number of rotatable bonds is 4. The largest absolute Gasteiger partial charge is 0.298 e. The first-order chi connectivity index (χ1) is 14.3. The second-order valence-corrected chi connectivity index (χ2v) is 10.8. The molecule has 1 aromatic heterocycles. The van der Waals surface area contributed by atoms with E-state index < -0.39 is 10.0 Å². The molecule has 0 saturated carbocycles. The quantitative estimate of drug-likeness (QED) is 0.585. The fourth-order valence-corrected chi connectivity index (χ4v) is 6.44. The van der Waals surface area contributed by atoms with Gasteiger partial charge in [0.05, 0.1) is 15.1 Å². The number of amides is 1. The number of nitrogens with zero attached hydrogens (tertiary/aromatic N) is 2. The Bertz CT molecular complexity index is 1210. The summed E-state index contributed by atoms with van der Waals surface area (Å²) in [4.78, 5) is 17.3.